The molecule has 1 saturated heterocycles. The summed E-state index contributed by atoms with van der Waals surface area (Å²) in [5, 5.41) is 12.8. The Morgan fingerprint density at radius 1 is 0.902 bits per heavy atom. The minimum atomic E-state index is -4.80. The van der Waals surface area contributed by atoms with Gasteiger partial charge in [-0.1, -0.05) is 31.6 Å². The third kappa shape index (κ3) is 12.7. The number of nitrogens with zero attached hydrogens (tertiary/aromatic N) is 2. The van der Waals surface area contributed by atoms with Crippen LogP contribution in [0, 0.1) is 11.3 Å². The van der Waals surface area contributed by atoms with Crippen molar-refractivity contribution < 1.29 is 212 Å². The van der Waals surface area contributed by atoms with E-state index in [9.17, 15) is 44.2 Å². The van der Waals surface area contributed by atoms with E-state index in [0.29, 0.717) is 54.2 Å². The van der Waals surface area contributed by atoms with Gasteiger partial charge in [0.05, 0.1) is 44.4 Å². The molecule has 0 aromatic heterocycles. The van der Waals surface area contributed by atoms with Crippen LogP contribution in [0.4, 0.5) is 11.4 Å². The largest absolute Gasteiger partial charge is 1.00 e. The van der Waals surface area contributed by atoms with Crippen molar-refractivity contribution in [2.24, 2.45) is 11.3 Å². The fourth-order valence-corrected chi connectivity index (χ4v) is 12.7. The van der Waals surface area contributed by atoms with Gasteiger partial charge >= 0.3 is 154 Å². The van der Waals surface area contributed by atoms with Crippen molar-refractivity contribution in [3.05, 3.63) is 83.1 Å². The molecule has 61 heavy (non-hydrogen) atoms. The molecule has 3 unspecified atom stereocenters. The summed E-state index contributed by atoms with van der Waals surface area (Å²) in [6.07, 6.45) is 11.8. The molecule has 1 aliphatic carbocycles. The van der Waals surface area contributed by atoms with Gasteiger partial charge in [-0.3, -0.25) is 5.04 Å². The zero-order valence-electron chi connectivity index (χ0n) is 36.4. The molecule has 0 bridgehead atoms. The molecule has 2 fully saturated rings. The summed E-state index contributed by atoms with van der Waals surface area (Å²) in [4.78, 5) is 0.245. The predicted molar refractivity (Wildman–Crippen MR) is 214 cm³/mol. The van der Waals surface area contributed by atoms with Crippen LogP contribution in [0.15, 0.2) is 81.8 Å². The molecule has 3 aliphatic heterocycles. The first kappa shape index (κ1) is 57.5. The Kier molecular flexibility index (Phi) is 20.6. The van der Waals surface area contributed by atoms with Crippen molar-refractivity contribution in [2.75, 3.05) is 18.8 Å². The normalized spacial score (nSPS) is 25.3. The standard InChI is InChI=1S/C40H52N2O12S4.3K/c1-38(2)25-27(11-9-12-36-40(5,6)32-24-30(57(47,48)49)15-17-34(32)42(36)19-10-13-37(42)58(50,51)52)21-28(26-38)22-35-39(3,4)31-23-29(55-54-53-43)14-16-33(31)41(35)18-7-8-20-56(44,45)46;;;/h9,11-12,14-17,22-24,27,37H,7-8,10,13,18-21,25-26H2,1-6H3,(H2-2,43,44,45,46,47,48,49,50,51,52);;;/q;3*+1/p-2/b11-9?,28-22-,36-12+;;;. The Hall–Kier alpha value is 2.16. The SMILES string of the molecule is CC1(C)C/C(=C\C2=[N+](CCCCS(=O)(=O)[O-])c3ccc(SOO[O-])cc3C2(C)C)CC(C=C/C=C2\C(C)(C)c3cc(S(=O)(=O)[O-])ccc3[N+]23CCCC3S(=O)(=O)[O-])C1.[K+].[K+].[K+]. The topological polar surface area (TPSA) is 216 Å². The fraction of sp³-hybridized carbons (Fsp3) is 0.525. The number of hydrogen-bond donors (Lipinski definition) is 0. The number of unbranched alkanes of at least 4 members (excludes halogenated alkanes) is 1. The number of hydrogen-bond acceptors (Lipinski definition) is 13. The number of quaternary nitrogens is 1. The van der Waals surface area contributed by atoms with Gasteiger partial charge in [0.2, 0.25) is 5.69 Å². The first-order valence-corrected chi connectivity index (χ1v) is 24.4. The third-order valence-electron chi connectivity index (χ3n) is 12.3. The maximum absolute atomic E-state index is 12.8. The predicted octanol–water partition coefficient (Wildman–Crippen LogP) is -3.31. The van der Waals surface area contributed by atoms with Crippen LogP contribution in [0.5, 0.6) is 0 Å². The Morgan fingerprint density at radius 3 is 2.21 bits per heavy atom. The molecule has 0 N–H and O–H groups in total. The van der Waals surface area contributed by atoms with Crippen LogP contribution in [0.25, 0.3) is 0 Å². The number of allylic oxidation sites excluding steroid dienone is 6. The van der Waals surface area contributed by atoms with Crippen molar-refractivity contribution in [3.63, 3.8) is 0 Å². The first-order chi connectivity index (χ1) is 26.8. The zero-order chi connectivity index (χ0) is 42.7. The van der Waals surface area contributed by atoms with E-state index in [1.165, 1.54) is 23.8 Å². The van der Waals surface area contributed by atoms with E-state index < -0.39 is 57.2 Å². The van der Waals surface area contributed by atoms with Crippen molar-refractivity contribution in [1.82, 2.24) is 4.48 Å². The Bertz CT molecular complexity index is 2450. The van der Waals surface area contributed by atoms with Crippen LogP contribution >= 0.6 is 12.0 Å². The van der Waals surface area contributed by atoms with Crippen LogP contribution in [-0.4, -0.2) is 73.4 Å². The Morgan fingerprint density at radius 2 is 1.59 bits per heavy atom. The molecule has 4 aliphatic rings. The second-order valence-corrected chi connectivity index (χ2v) is 22.9. The maximum Gasteiger partial charge on any atom is 1.00 e. The van der Waals surface area contributed by atoms with E-state index in [-0.39, 0.29) is 183 Å². The molecule has 0 radical (unpaired) electrons. The molecule has 3 atom stereocenters. The second-order valence-electron chi connectivity index (χ2n) is 17.7. The molecule has 3 heterocycles. The average Bonchev–Trinajstić information content (AvgIpc) is 3.69. The molecule has 318 valence electrons. The van der Waals surface area contributed by atoms with Gasteiger partial charge in [-0.25, -0.2) is 29.7 Å². The summed E-state index contributed by atoms with van der Waals surface area (Å²) < 4.78 is 115. The molecule has 1 spiro atoms. The van der Waals surface area contributed by atoms with Gasteiger partial charge in [0.1, 0.15) is 28.0 Å². The van der Waals surface area contributed by atoms with Gasteiger partial charge in [-0.15, -0.1) is 0 Å². The van der Waals surface area contributed by atoms with Gasteiger partial charge in [0.25, 0.3) is 0 Å². The smallest absolute Gasteiger partial charge is 0.748 e. The van der Waals surface area contributed by atoms with E-state index >= 15 is 0 Å². The van der Waals surface area contributed by atoms with Crippen molar-refractivity contribution in [2.45, 2.75) is 112 Å². The van der Waals surface area contributed by atoms with Crippen molar-refractivity contribution in [3.8, 4) is 0 Å². The summed E-state index contributed by atoms with van der Waals surface area (Å²) in [7, 11) is -14.0. The van der Waals surface area contributed by atoms with Gasteiger partial charge in [-0.05, 0) is 95.1 Å². The van der Waals surface area contributed by atoms with E-state index in [1.54, 1.807) is 6.07 Å². The number of rotatable bonds is 13. The van der Waals surface area contributed by atoms with E-state index in [2.05, 4.69) is 53.8 Å². The monoisotopic (exact) mass is 995 g/mol. The van der Waals surface area contributed by atoms with Gasteiger partial charge in [0, 0.05) is 59.2 Å². The molecule has 2 aromatic rings. The third-order valence-corrected chi connectivity index (χ3v) is 15.7. The molecule has 6 rings (SSSR count). The van der Waals surface area contributed by atoms with Crippen LogP contribution in [0.3, 0.4) is 0 Å². The molecular formula is C40H50K3N2O12S4+. The van der Waals surface area contributed by atoms with E-state index in [0.717, 1.165) is 41.8 Å². The van der Waals surface area contributed by atoms with Crippen LogP contribution in [0.2, 0.25) is 0 Å². The second kappa shape index (κ2) is 21.8. The van der Waals surface area contributed by atoms with Crippen molar-refractivity contribution >= 4 is 59.5 Å². The summed E-state index contributed by atoms with van der Waals surface area (Å²) >= 11 is 0.797. The zero-order valence-corrected chi connectivity index (χ0v) is 49.1. The minimum absolute atomic E-state index is 0. The maximum atomic E-state index is 12.8. The van der Waals surface area contributed by atoms with Crippen molar-refractivity contribution in [1.29, 1.82) is 0 Å². The van der Waals surface area contributed by atoms with Crippen LogP contribution in [-0.2, 0) is 50.6 Å². The molecule has 14 nitrogen and oxygen atoms in total. The molecule has 0 amide bonds. The fourth-order valence-electron chi connectivity index (χ4n) is 10.1. The summed E-state index contributed by atoms with van der Waals surface area (Å²) in [5.41, 5.74) is 4.20. The first-order valence-electron chi connectivity index (χ1n) is 19.2. The Labute approximate surface area is 493 Å². The molecule has 2 aromatic carbocycles. The van der Waals surface area contributed by atoms with Gasteiger partial charge in [-0.2, -0.15) is 8.91 Å². The molecule has 21 heteroatoms. The summed E-state index contributed by atoms with van der Waals surface area (Å²) in [5.74, 6) is -0.384. The van der Waals surface area contributed by atoms with Gasteiger partial charge < -0.3 is 18.9 Å². The van der Waals surface area contributed by atoms with E-state index in [4.69, 9.17) is 0 Å². The summed E-state index contributed by atoms with van der Waals surface area (Å²) in [6.45, 7) is 13.1. The van der Waals surface area contributed by atoms with Crippen LogP contribution in [0.1, 0.15) is 97.6 Å². The molecule has 1 saturated carbocycles. The van der Waals surface area contributed by atoms with Crippen LogP contribution < -0.4 is 164 Å². The average molecular weight is 996 g/mol. The van der Waals surface area contributed by atoms with Gasteiger partial charge in [0.15, 0.2) is 21.2 Å². The molecular weight excluding hydrogens is 946 g/mol. The van der Waals surface area contributed by atoms with E-state index in [1.807, 2.05) is 38.1 Å². The number of benzene rings is 2. The number of fused-ring (bicyclic) bond motifs is 3. The quantitative estimate of drug-likeness (QED) is 0.0281. The Balaban J connectivity index is 0.00000331. The summed E-state index contributed by atoms with van der Waals surface area (Å²) in [6, 6.07) is 9.66. The minimum Gasteiger partial charge on any atom is -0.748 e.